The van der Waals surface area contributed by atoms with Gasteiger partial charge in [-0.05, 0) is 81.2 Å². The molecule has 1 aliphatic rings. The van der Waals surface area contributed by atoms with Crippen molar-refractivity contribution in [1.29, 1.82) is 0 Å². The van der Waals surface area contributed by atoms with E-state index in [1.54, 1.807) is 6.07 Å². The van der Waals surface area contributed by atoms with Crippen molar-refractivity contribution in [3.05, 3.63) is 210 Å². The molecule has 1 aromatic heterocycles. The molecule has 0 amide bonds. The summed E-state index contributed by atoms with van der Waals surface area (Å²) >= 11 is 0. The van der Waals surface area contributed by atoms with Crippen molar-refractivity contribution in [1.82, 2.24) is 0 Å². The number of hydrogen-bond acceptors (Lipinski definition) is 2. The number of anilines is 3. The number of rotatable bonds is 5. The van der Waals surface area contributed by atoms with Gasteiger partial charge >= 0.3 is 0 Å². The van der Waals surface area contributed by atoms with E-state index in [1.165, 1.54) is 0 Å². The normalized spacial score (nSPS) is 13.1. The zero-order valence-electron chi connectivity index (χ0n) is 27.1. The van der Waals surface area contributed by atoms with Crippen LogP contribution < -0.4 is 4.90 Å². The van der Waals surface area contributed by atoms with Gasteiger partial charge in [-0.15, -0.1) is 0 Å². The molecular weight excluding hydrogens is 614 g/mol. The van der Waals surface area contributed by atoms with Crippen LogP contribution in [-0.2, 0) is 5.41 Å². The van der Waals surface area contributed by atoms with Crippen molar-refractivity contribution < 1.29 is 8.81 Å². The highest BCUT2D eigenvalue weighted by Crippen LogP contribution is 2.59. The second kappa shape index (κ2) is 11.0. The number of para-hydroxylation sites is 3. The lowest BCUT2D eigenvalue weighted by Gasteiger charge is -2.35. The van der Waals surface area contributed by atoms with Crippen LogP contribution in [0, 0.1) is 5.82 Å². The van der Waals surface area contributed by atoms with E-state index >= 15 is 4.39 Å². The van der Waals surface area contributed by atoms with E-state index in [4.69, 9.17) is 4.42 Å². The molecule has 1 heterocycles. The van der Waals surface area contributed by atoms with E-state index in [9.17, 15) is 0 Å². The fourth-order valence-corrected chi connectivity index (χ4v) is 8.34. The maximum absolute atomic E-state index is 16.3. The summed E-state index contributed by atoms with van der Waals surface area (Å²) in [5.41, 5.74) is 10.2. The highest BCUT2D eigenvalue weighted by Gasteiger charge is 2.47. The van der Waals surface area contributed by atoms with E-state index in [1.807, 2.05) is 48.5 Å². The van der Waals surface area contributed by atoms with Gasteiger partial charge in [-0.25, -0.2) is 4.39 Å². The molecule has 3 heteroatoms. The minimum absolute atomic E-state index is 0.217. The van der Waals surface area contributed by atoms with Gasteiger partial charge in [0.05, 0.1) is 11.1 Å². The number of benzene rings is 8. The number of halogens is 1. The summed E-state index contributed by atoms with van der Waals surface area (Å²) < 4.78 is 22.9. The predicted molar refractivity (Wildman–Crippen MR) is 203 cm³/mol. The monoisotopic (exact) mass is 643 g/mol. The Labute approximate surface area is 289 Å². The summed E-state index contributed by atoms with van der Waals surface area (Å²) in [6.07, 6.45) is 0. The molecule has 0 spiro atoms. The summed E-state index contributed by atoms with van der Waals surface area (Å²) in [6.45, 7) is 0. The molecule has 0 saturated carbocycles. The average molecular weight is 644 g/mol. The Bertz CT molecular complexity index is 2680. The summed E-state index contributed by atoms with van der Waals surface area (Å²) in [6, 6.07) is 62.5. The first-order chi connectivity index (χ1) is 24.7. The van der Waals surface area contributed by atoms with Gasteiger partial charge in [0, 0.05) is 27.5 Å². The first-order valence-electron chi connectivity index (χ1n) is 17.0. The van der Waals surface area contributed by atoms with Crippen LogP contribution in [-0.4, -0.2) is 0 Å². The maximum Gasteiger partial charge on any atom is 0.159 e. The minimum atomic E-state index is -0.776. The first-order valence-corrected chi connectivity index (χ1v) is 17.0. The number of nitrogens with zero attached hydrogens (tertiary/aromatic N) is 1. The van der Waals surface area contributed by atoms with Crippen LogP contribution in [0.3, 0.4) is 0 Å². The highest BCUT2D eigenvalue weighted by atomic mass is 19.1. The number of furan rings is 1. The zero-order valence-corrected chi connectivity index (χ0v) is 27.1. The van der Waals surface area contributed by atoms with Gasteiger partial charge in [-0.3, -0.25) is 0 Å². The lowest BCUT2D eigenvalue weighted by Crippen LogP contribution is -2.29. The first kappa shape index (κ1) is 28.6. The standard InChI is InChI=1S/C47H30FNO/c48-42-30-41-45(37-23-11-10-21-35(37)42)39-28-27-34(29-40(39)47(41,31-15-4-1-5-16-31)32-17-6-2-7-18-32)49(33-19-8-3-9-20-33)43-25-14-24-38-36-22-12-13-26-44(36)50-46(38)43/h1-30H. The Morgan fingerprint density at radius 2 is 1.06 bits per heavy atom. The number of fused-ring (bicyclic) bond motifs is 8. The topological polar surface area (TPSA) is 16.4 Å². The molecule has 10 rings (SSSR count). The van der Waals surface area contributed by atoms with Crippen LogP contribution in [0.5, 0.6) is 0 Å². The van der Waals surface area contributed by atoms with Crippen LogP contribution in [0.15, 0.2) is 186 Å². The van der Waals surface area contributed by atoms with Crippen LogP contribution >= 0.6 is 0 Å². The summed E-state index contributed by atoms with van der Waals surface area (Å²) in [5, 5.41) is 3.69. The Morgan fingerprint density at radius 3 is 1.78 bits per heavy atom. The molecule has 9 aromatic rings. The van der Waals surface area contributed by atoms with E-state index in [2.05, 4.69) is 132 Å². The van der Waals surface area contributed by atoms with Gasteiger partial charge in [-0.1, -0.05) is 140 Å². The van der Waals surface area contributed by atoms with E-state index in [0.717, 1.165) is 77.8 Å². The lowest BCUT2D eigenvalue weighted by molar-refractivity contribution is 0.633. The second-order valence-corrected chi connectivity index (χ2v) is 13.0. The summed E-state index contributed by atoms with van der Waals surface area (Å²) in [4.78, 5) is 2.29. The molecular formula is C47H30FNO. The SMILES string of the molecule is Fc1cc2c(c3ccccc13)-c1ccc(N(c3ccccc3)c3cccc4c3oc3ccccc34)cc1C2(c1ccccc1)c1ccccc1. The van der Waals surface area contributed by atoms with Crippen molar-refractivity contribution >= 4 is 49.8 Å². The second-order valence-electron chi connectivity index (χ2n) is 13.0. The van der Waals surface area contributed by atoms with Gasteiger partial charge in [0.1, 0.15) is 11.4 Å². The van der Waals surface area contributed by atoms with Crippen molar-refractivity contribution in [2.45, 2.75) is 5.41 Å². The quantitative estimate of drug-likeness (QED) is 0.186. The van der Waals surface area contributed by atoms with Crippen LogP contribution in [0.4, 0.5) is 21.5 Å². The van der Waals surface area contributed by atoms with Crippen molar-refractivity contribution in [2.24, 2.45) is 0 Å². The molecule has 0 aliphatic heterocycles. The fourth-order valence-electron chi connectivity index (χ4n) is 8.34. The molecule has 0 radical (unpaired) electrons. The van der Waals surface area contributed by atoms with Crippen LogP contribution in [0.2, 0.25) is 0 Å². The lowest BCUT2D eigenvalue weighted by atomic mass is 9.67. The van der Waals surface area contributed by atoms with Gasteiger partial charge in [0.2, 0.25) is 0 Å². The third kappa shape index (κ3) is 4.01. The Kier molecular flexibility index (Phi) is 6.31. The van der Waals surface area contributed by atoms with Gasteiger partial charge in [0.25, 0.3) is 0 Å². The molecule has 0 saturated heterocycles. The van der Waals surface area contributed by atoms with E-state index < -0.39 is 5.41 Å². The molecule has 0 bridgehead atoms. The predicted octanol–water partition coefficient (Wildman–Crippen LogP) is 12.7. The van der Waals surface area contributed by atoms with Crippen LogP contribution in [0.25, 0.3) is 43.8 Å². The molecule has 0 unspecified atom stereocenters. The smallest absolute Gasteiger partial charge is 0.159 e. The summed E-state index contributed by atoms with van der Waals surface area (Å²) in [7, 11) is 0. The molecule has 50 heavy (non-hydrogen) atoms. The fraction of sp³-hybridized carbons (Fsp3) is 0.0213. The molecule has 1 aliphatic carbocycles. The molecule has 2 nitrogen and oxygen atoms in total. The minimum Gasteiger partial charge on any atom is -0.454 e. The van der Waals surface area contributed by atoms with E-state index in [0.29, 0.717) is 5.39 Å². The number of hydrogen-bond donors (Lipinski definition) is 0. The Balaban J connectivity index is 1.32. The molecule has 0 atom stereocenters. The van der Waals surface area contributed by atoms with Gasteiger partial charge in [0.15, 0.2) is 5.58 Å². The van der Waals surface area contributed by atoms with Gasteiger partial charge in [-0.2, -0.15) is 0 Å². The largest absolute Gasteiger partial charge is 0.454 e. The van der Waals surface area contributed by atoms with Gasteiger partial charge < -0.3 is 9.32 Å². The summed E-state index contributed by atoms with van der Waals surface area (Å²) in [5.74, 6) is -0.217. The van der Waals surface area contributed by atoms with Crippen molar-refractivity contribution in [2.75, 3.05) is 4.90 Å². The highest BCUT2D eigenvalue weighted by molar-refractivity contribution is 6.10. The van der Waals surface area contributed by atoms with Crippen molar-refractivity contribution in [3.8, 4) is 11.1 Å². The third-order valence-electron chi connectivity index (χ3n) is 10.4. The molecule has 0 N–H and O–H groups in total. The molecule has 236 valence electrons. The van der Waals surface area contributed by atoms with Crippen LogP contribution in [0.1, 0.15) is 22.3 Å². The Hall–Kier alpha value is -6.45. The van der Waals surface area contributed by atoms with Crippen molar-refractivity contribution in [3.63, 3.8) is 0 Å². The maximum atomic E-state index is 16.3. The zero-order chi connectivity index (χ0) is 33.2. The molecule has 0 fully saturated rings. The van der Waals surface area contributed by atoms with E-state index in [-0.39, 0.29) is 5.82 Å². The average Bonchev–Trinajstić information content (AvgIpc) is 3.70. The Morgan fingerprint density at radius 1 is 0.460 bits per heavy atom. The molecule has 8 aromatic carbocycles. The third-order valence-corrected chi connectivity index (χ3v) is 10.4.